The van der Waals surface area contributed by atoms with Crippen LogP contribution < -0.4 is 0 Å². The molecule has 0 aliphatic carbocycles. The maximum atomic E-state index is 12.5. The second kappa shape index (κ2) is 5.89. The predicted molar refractivity (Wildman–Crippen MR) is 77.0 cm³/mol. The van der Waals surface area contributed by atoms with Gasteiger partial charge >= 0.3 is 0 Å². The first-order chi connectivity index (χ1) is 10.1. The van der Waals surface area contributed by atoms with Crippen molar-refractivity contribution in [3.05, 3.63) is 35.2 Å². The van der Waals surface area contributed by atoms with Crippen molar-refractivity contribution in [3.8, 4) is 0 Å². The lowest BCUT2D eigenvalue weighted by molar-refractivity contribution is -0.132. The Morgan fingerprint density at radius 3 is 3.10 bits per heavy atom. The normalized spacial score (nSPS) is 19.0. The van der Waals surface area contributed by atoms with Gasteiger partial charge in [-0.05, 0) is 31.4 Å². The Labute approximate surface area is 127 Å². The maximum Gasteiger partial charge on any atom is 0.229 e. The molecule has 1 fully saturated rings. The van der Waals surface area contributed by atoms with Crippen LogP contribution in [0, 0.1) is 6.92 Å². The molecule has 112 valence electrons. The predicted octanol–water partition coefficient (Wildman–Crippen LogP) is 2.24. The van der Waals surface area contributed by atoms with Crippen LogP contribution in [0.5, 0.6) is 0 Å². The summed E-state index contributed by atoms with van der Waals surface area (Å²) >= 11 is 5.93. The first-order valence-electron chi connectivity index (χ1n) is 7.01. The van der Waals surface area contributed by atoms with E-state index in [1.165, 1.54) is 0 Å². The van der Waals surface area contributed by atoms with E-state index in [0.29, 0.717) is 23.8 Å². The second-order valence-corrected chi connectivity index (χ2v) is 5.69. The standard InChI is InChI=1S/C14H17ClN4O2/c1-10-12(14(15)21-17-10)7-13(20)18-5-2-3-11(8-18)19-6-4-16-9-19/h4,6,9,11H,2-3,5,7-8H2,1H3/t11-/m0/s1. The smallest absolute Gasteiger partial charge is 0.229 e. The molecule has 0 aromatic carbocycles. The SMILES string of the molecule is Cc1noc(Cl)c1CC(=O)N1CCC[C@H](n2ccnc2)C1. The van der Waals surface area contributed by atoms with E-state index in [0.717, 1.165) is 19.4 Å². The van der Waals surface area contributed by atoms with E-state index in [4.69, 9.17) is 16.1 Å². The van der Waals surface area contributed by atoms with Crippen LogP contribution >= 0.6 is 11.6 Å². The van der Waals surface area contributed by atoms with Gasteiger partial charge < -0.3 is 14.0 Å². The molecule has 0 radical (unpaired) electrons. The minimum atomic E-state index is 0.0630. The largest absolute Gasteiger partial charge is 0.344 e. The molecule has 2 aromatic heterocycles. The molecule has 1 aliphatic rings. The summed E-state index contributed by atoms with van der Waals surface area (Å²) < 4.78 is 6.96. The summed E-state index contributed by atoms with van der Waals surface area (Å²) in [5, 5.41) is 3.99. The van der Waals surface area contributed by atoms with Crippen LogP contribution in [0.2, 0.25) is 5.22 Å². The molecule has 0 spiro atoms. The Bertz CT molecular complexity index is 603. The van der Waals surface area contributed by atoms with Gasteiger partial charge in [-0.25, -0.2) is 4.98 Å². The van der Waals surface area contributed by atoms with Gasteiger partial charge in [0.1, 0.15) is 0 Å². The van der Waals surface area contributed by atoms with Crippen molar-refractivity contribution in [2.75, 3.05) is 13.1 Å². The van der Waals surface area contributed by atoms with E-state index in [1.54, 1.807) is 19.4 Å². The number of nitrogens with zero attached hydrogens (tertiary/aromatic N) is 4. The third-order valence-electron chi connectivity index (χ3n) is 3.96. The Balaban J connectivity index is 1.67. The zero-order chi connectivity index (χ0) is 14.8. The van der Waals surface area contributed by atoms with Crippen LogP contribution in [-0.4, -0.2) is 38.6 Å². The first-order valence-corrected chi connectivity index (χ1v) is 7.39. The number of carbonyl (C=O) groups excluding carboxylic acids is 1. The highest BCUT2D eigenvalue weighted by atomic mass is 35.5. The molecule has 1 saturated heterocycles. The highest BCUT2D eigenvalue weighted by Gasteiger charge is 2.26. The summed E-state index contributed by atoms with van der Waals surface area (Å²) in [5.74, 6) is 0.0630. The fraction of sp³-hybridized carbons (Fsp3) is 0.500. The zero-order valence-corrected chi connectivity index (χ0v) is 12.6. The highest BCUT2D eigenvalue weighted by Crippen LogP contribution is 2.24. The molecule has 3 heterocycles. The van der Waals surface area contributed by atoms with Gasteiger partial charge in [0.15, 0.2) is 0 Å². The number of aryl methyl sites for hydroxylation is 1. The minimum Gasteiger partial charge on any atom is -0.344 e. The van der Waals surface area contributed by atoms with E-state index in [1.807, 2.05) is 11.1 Å². The Morgan fingerprint density at radius 1 is 1.57 bits per heavy atom. The van der Waals surface area contributed by atoms with Gasteiger partial charge in [-0.3, -0.25) is 4.79 Å². The lowest BCUT2D eigenvalue weighted by atomic mass is 10.0. The topological polar surface area (TPSA) is 64.2 Å². The van der Waals surface area contributed by atoms with Crippen molar-refractivity contribution in [2.24, 2.45) is 0 Å². The molecular weight excluding hydrogens is 292 g/mol. The lowest BCUT2D eigenvalue weighted by Gasteiger charge is -2.33. The van der Waals surface area contributed by atoms with Crippen molar-refractivity contribution in [2.45, 2.75) is 32.2 Å². The third kappa shape index (κ3) is 2.95. The number of halogens is 1. The molecular formula is C14H17ClN4O2. The number of hydrogen-bond donors (Lipinski definition) is 0. The summed E-state index contributed by atoms with van der Waals surface area (Å²) in [6, 6.07) is 0.296. The number of carbonyl (C=O) groups is 1. The third-order valence-corrected chi connectivity index (χ3v) is 4.26. The van der Waals surface area contributed by atoms with E-state index in [-0.39, 0.29) is 17.5 Å². The molecule has 0 N–H and O–H groups in total. The van der Waals surface area contributed by atoms with Crippen LogP contribution in [-0.2, 0) is 11.2 Å². The van der Waals surface area contributed by atoms with Crippen LogP contribution in [0.4, 0.5) is 0 Å². The molecule has 0 unspecified atom stereocenters. The summed E-state index contributed by atoms with van der Waals surface area (Å²) in [7, 11) is 0. The summed E-state index contributed by atoms with van der Waals surface area (Å²) in [4.78, 5) is 18.4. The number of amides is 1. The van der Waals surface area contributed by atoms with Crippen LogP contribution in [0.15, 0.2) is 23.2 Å². The van der Waals surface area contributed by atoms with Gasteiger partial charge in [0.2, 0.25) is 11.1 Å². The number of hydrogen-bond acceptors (Lipinski definition) is 4. The fourth-order valence-corrected chi connectivity index (χ4v) is 2.97. The van der Waals surface area contributed by atoms with Crippen LogP contribution in [0.25, 0.3) is 0 Å². The average Bonchev–Trinajstić information content (AvgIpc) is 3.13. The van der Waals surface area contributed by atoms with Crippen LogP contribution in [0.1, 0.15) is 30.1 Å². The second-order valence-electron chi connectivity index (χ2n) is 5.34. The molecule has 7 heteroatoms. The van der Waals surface area contributed by atoms with Crippen molar-refractivity contribution in [1.29, 1.82) is 0 Å². The van der Waals surface area contributed by atoms with Crippen LogP contribution in [0.3, 0.4) is 0 Å². The monoisotopic (exact) mass is 308 g/mol. The van der Waals surface area contributed by atoms with Gasteiger partial charge in [-0.2, -0.15) is 0 Å². The number of aromatic nitrogens is 3. The number of likely N-dealkylation sites (tertiary alicyclic amines) is 1. The summed E-state index contributed by atoms with van der Waals surface area (Å²) in [5.41, 5.74) is 1.36. The Kier molecular flexibility index (Phi) is 3.96. The highest BCUT2D eigenvalue weighted by molar-refractivity contribution is 6.29. The van der Waals surface area contributed by atoms with Gasteiger partial charge in [0.25, 0.3) is 0 Å². The Morgan fingerprint density at radius 2 is 2.43 bits per heavy atom. The number of imidazole rings is 1. The molecule has 1 aliphatic heterocycles. The molecule has 0 saturated carbocycles. The molecule has 2 aromatic rings. The van der Waals surface area contributed by atoms with E-state index in [9.17, 15) is 4.79 Å². The first kappa shape index (κ1) is 14.1. The van der Waals surface area contributed by atoms with E-state index < -0.39 is 0 Å². The van der Waals surface area contributed by atoms with Gasteiger partial charge in [-0.15, -0.1) is 0 Å². The zero-order valence-electron chi connectivity index (χ0n) is 11.8. The quantitative estimate of drug-likeness (QED) is 0.872. The fourth-order valence-electron chi connectivity index (χ4n) is 2.73. The van der Waals surface area contributed by atoms with Crippen molar-refractivity contribution in [1.82, 2.24) is 19.6 Å². The number of piperidine rings is 1. The van der Waals surface area contributed by atoms with Crippen molar-refractivity contribution < 1.29 is 9.32 Å². The van der Waals surface area contributed by atoms with Gasteiger partial charge in [-0.1, -0.05) is 5.16 Å². The number of rotatable bonds is 3. The van der Waals surface area contributed by atoms with Gasteiger partial charge in [0, 0.05) is 31.0 Å². The minimum absolute atomic E-state index is 0.0630. The molecule has 3 rings (SSSR count). The molecule has 21 heavy (non-hydrogen) atoms. The van der Waals surface area contributed by atoms with Gasteiger partial charge in [0.05, 0.1) is 24.5 Å². The van der Waals surface area contributed by atoms with E-state index in [2.05, 4.69) is 14.7 Å². The molecule has 6 nitrogen and oxygen atoms in total. The molecule has 1 atom stereocenters. The maximum absolute atomic E-state index is 12.5. The van der Waals surface area contributed by atoms with Crippen molar-refractivity contribution in [3.63, 3.8) is 0 Å². The lowest BCUT2D eigenvalue weighted by Crippen LogP contribution is -2.41. The summed E-state index contributed by atoms with van der Waals surface area (Å²) in [6.45, 7) is 3.28. The molecule has 0 bridgehead atoms. The Hall–Kier alpha value is -1.82. The summed E-state index contributed by atoms with van der Waals surface area (Å²) in [6.07, 6.45) is 7.81. The van der Waals surface area contributed by atoms with Crippen molar-refractivity contribution >= 4 is 17.5 Å². The average molecular weight is 309 g/mol. The van der Waals surface area contributed by atoms with E-state index >= 15 is 0 Å². The molecule has 1 amide bonds.